The molecule has 0 saturated heterocycles. The molecular weight excluding hydrogens is 136 g/mol. The first-order valence-electron chi connectivity index (χ1n) is 3.65. The zero-order chi connectivity index (χ0) is 8.48. The minimum Gasteiger partial charge on any atom is -0.310 e. The first-order chi connectivity index (χ1) is 5.00. The van der Waals surface area contributed by atoms with Crippen molar-refractivity contribution in [1.29, 1.82) is 0 Å². The zero-order valence-electron chi connectivity index (χ0n) is 6.96. The molecule has 0 atom stereocenters. The summed E-state index contributed by atoms with van der Waals surface area (Å²) in [5.74, 6) is 0. The van der Waals surface area contributed by atoms with Crippen LogP contribution in [0.25, 0.3) is 0 Å². The van der Waals surface area contributed by atoms with Gasteiger partial charge in [-0.2, -0.15) is 0 Å². The number of rotatable bonds is 1. The van der Waals surface area contributed by atoms with Crippen LogP contribution in [0.15, 0.2) is 24.3 Å². The molecule has 0 aliphatic rings. The van der Waals surface area contributed by atoms with E-state index in [1.54, 1.807) is 6.92 Å². The van der Waals surface area contributed by atoms with Gasteiger partial charge in [0.1, 0.15) is 0 Å². The second-order valence-electron chi connectivity index (χ2n) is 3.15. The van der Waals surface area contributed by atoms with Gasteiger partial charge in [0.2, 0.25) is 0 Å². The normalized spacial score (nSPS) is 11.6. The SMILES string of the molecule is Cc1ccc(C(C)(N)N)cc1. The van der Waals surface area contributed by atoms with E-state index in [0.29, 0.717) is 0 Å². The lowest BCUT2D eigenvalue weighted by Gasteiger charge is -2.18. The van der Waals surface area contributed by atoms with Crippen LogP contribution in [0.5, 0.6) is 0 Å². The van der Waals surface area contributed by atoms with Crippen molar-refractivity contribution in [2.45, 2.75) is 19.5 Å². The van der Waals surface area contributed by atoms with E-state index in [2.05, 4.69) is 0 Å². The predicted molar refractivity (Wildman–Crippen MR) is 46.9 cm³/mol. The molecule has 2 heteroatoms. The monoisotopic (exact) mass is 150 g/mol. The Bertz CT molecular complexity index is 231. The Morgan fingerprint density at radius 3 is 1.91 bits per heavy atom. The third-order valence-electron chi connectivity index (χ3n) is 1.67. The molecule has 0 aliphatic heterocycles. The van der Waals surface area contributed by atoms with Crippen LogP contribution in [0, 0.1) is 6.92 Å². The minimum atomic E-state index is -0.715. The van der Waals surface area contributed by atoms with Crippen molar-refractivity contribution in [3.8, 4) is 0 Å². The van der Waals surface area contributed by atoms with E-state index >= 15 is 0 Å². The zero-order valence-corrected chi connectivity index (χ0v) is 6.96. The first-order valence-corrected chi connectivity index (χ1v) is 3.65. The molecule has 0 radical (unpaired) electrons. The molecule has 2 nitrogen and oxygen atoms in total. The summed E-state index contributed by atoms with van der Waals surface area (Å²) in [6.07, 6.45) is 0. The van der Waals surface area contributed by atoms with Gasteiger partial charge in [-0.3, -0.25) is 0 Å². The first kappa shape index (κ1) is 8.24. The smallest absolute Gasteiger partial charge is 0.0870 e. The molecule has 0 aliphatic carbocycles. The Balaban J connectivity index is 2.99. The van der Waals surface area contributed by atoms with Crippen molar-refractivity contribution in [1.82, 2.24) is 0 Å². The van der Waals surface area contributed by atoms with Gasteiger partial charge in [0.25, 0.3) is 0 Å². The summed E-state index contributed by atoms with van der Waals surface area (Å²) in [6.45, 7) is 3.83. The van der Waals surface area contributed by atoms with E-state index in [1.165, 1.54) is 5.56 Å². The standard InChI is InChI=1S/C9H14N2/c1-7-3-5-8(6-4-7)9(2,10)11/h3-6H,10-11H2,1-2H3. The van der Waals surface area contributed by atoms with Crippen LogP contribution in [0.3, 0.4) is 0 Å². The summed E-state index contributed by atoms with van der Waals surface area (Å²) in [4.78, 5) is 0. The largest absolute Gasteiger partial charge is 0.310 e. The molecule has 0 spiro atoms. The van der Waals surface area contributed by atoms with Gasteiger partial charge in [-0.05, 0) is 19.4 Å². The highest BCUT2D eigenvalue weighted by Crippen LogP contribution is 2.11. The van der Waals surface area contributed by atoms with Crippen molar-refractivity contribution in [2.75, 3.05) is 0 Å². The molecule has 0 saturated carbocycles. The van der Waals surface area contributed by atoms with E-state index in [0.717, 1.165) is 5.56 Å². The second kappa shape index (κ2) is 2.64. The molecule has 60 valence electrons. The average Bonchev–Trinajstić information content (AvgIpc) is 1.86. The lowest BCUT2D eigenvalue weighted by Crippen LogP contribution is -2.42. The van der Waals surface area contributed by atoms with Gasteiger partial charge < -0.3 is 11.5 Å². The van der Waals surface area contributed by atoms with E-state index in [-0.39, 0.29) is 0 Å². The van der Waals surface area contributed by atoms with E-state index in [4.69, 9.17) is 11.5 Å². The van der Waals surface area contributed by atoms with Gasteiger partial charge in [-0.1, -0.05) is 29.8 Å². The number of benzene rings is 1. The Morgan fingerprint density at radius 2 is 1.55 bits per heavy atom. The van der Waals surface area contributed by atoms with Crippen molar-refractivity contribution in [3.63, 3.8) is 0 Å². The fraction of sp³-hybridized carbons (Fsp3) is 0.333. The van der Waals surface area contributed by atoms with Crippen molar-refractivity contribution in [2.24, 2.45) is 11.5 Å². The van der Waals surface area contributed by atoms with Gasteiger partial charge in [0, 0.05) is 0 Å². The Hall–Kier alpha value is -0.860. The Kier molecular flexibility index (Phi) is 1.98. The van der Waals surface area contributed by atoms with Crippen LogP contribution < -0.4 is 11.5 Å². The van der Waals surface area contributed by atoms with Crippen LogP contribution in [0.1, 0.15) is 18.1 Å². The highest BCUT2D eigenvalue weighted by Gasteiger charge is 2.12. The van der Waals surface area contributed by atoms with Gasteiger partial charge in [0.15, 0.2) is 0 Å². The fourth-order valence-corrected chi connectivity index (χ4v) is 0.913. The maximum absolute atomic E-state index is 5.68. The van der Waals surface area contributed by atoms with E-state index in [9.17, 15) is 0 Å². The topological polar surface area (TPSA) is 52.0 Å². The molecule has 0 heterocycles. The van der Waals surface area contributed by atoms with Crippen molar-refractivity contribution < 1.29 is 0 Å². The molecule has 1 aromatic carbocycles. The molecule has 1 rings (SSSR count). The lowest BCUT2D eigenvalue weighted by molar-refractivity contribution is 0.520. The number of aryl methyl sites for hydroxylation is 1. The van der Waals surface area contributed by atoms with Crippen LogP contribution in [-0.4, -0.2) is 0 Å². The summed E-state index contributed by atoms with van der Waals surface area (Å²) >= 11 is 0. The highest BCUT2D eigenvalue weighted by atomic mass is 14.9. The second-order valence-corrected chi connectivity index (χ2v) is 3.15. The van der Waals surface area contributed by atoms with E-state index < -0.39 is 5.66 Å². The minimum absolute atomic E-state index is 0.715. The highest BCUT2D eigenvalue weighted by molar-refractivity contribution is 5.25. The molecule has 0 fully saturated rings. The average molecular weight is 150 g/mol. The van der Waals surface area contributed by atoms with Crippen LogP contribution in [0.4, 0.5) is 0 Å². The van der Waals surface area contributed by atoms with Crippen molar-refractivity contribution >= 4 is 0 Å². The van der Waals surface area contributed by atoms with Crippen LogP contribution >= 0.6 is 0 Å². The van der Waals surface area contributed by atoms with Gasteiger partial charge in [0.05, 0.1) is 5.66 Å². The maximum atomic E-state index is 5.68. The van der Waals surface area contributed by atoms with Gasteiger partial charge in [-0.25, -0.2) is 0 Å². The summed E-state index contributed by atoms with van der Waals surface area (Å²) in [5.41, 5.74) is 12.8. The third-order valence-corrected chi connectivity index (χ3v) is 1.67. The molecular formula is C9H14N2. The molecule has 0 aromatic heterocycles. The molecule has 0 bridgehead atoms. The summed E-state index contributed by atoms with van der Waals surface area (Å²) in [5, 5.41) is 0. The predicted octanol–water partition coefficient (Wildman–Crippen LogP) is 1.09. The molecule has 1 aromatic rings. The van der Waals surface area contributed by atoms with E-state index in [1.807, 2.05) is 31.2 Å². The summed E-state index contributed by atoms with van der Waals surface area (Å²) < 4.78 is 0. The summed E-state index contributed by atoms with van der Waals surface area (Å²) in [7, 11) is 0. The van der Waals surface area contributed by atoms with Crippen LogP contribution in [0.2, 0.25) is 0 Å². The molecule has 4 N–H and O–H groups in total. The summed E-state index contributed by atoms with van der Waals surface area (Å²) in [6, 6.07) is 7.92. The Morgan fingerprint density at radius 1 is 1.09 bits per heavy atom. The molecule has 11 heavy (non-hydrogen) atoms. The quantitative estimate of drug-likeness (QED) is 0.589. The number of hydrogen-bond donors (Lipinski definition) is 2. The van der Waals surface area contributed by atoms with Gasteiger partial charge in [-0.15, -0.1) is 0 Å². The lowest BCUT2D eigenvalue weighted by atomic mass is 10.0. The van der Waals surface area contributed by atoms with Gasteiger partial charge >= 0.3 is 0 Å². The maximum Gasteiger partial charge on any atom is 0.0870 e. The van der Waals surface area contributed by atoms with Crippen LogP contribution in [-0.2, 0) is 5.66 Å². The molecule has 0 amide bonds. The molecule has 0 unspecified atom stereocenters. The Labute approximate surface area is 67.2 Å². The third kappa shape index (κ3) is 2.03. The number of hydrogen-bond acceptors (Lipinski definition) is 2. The van der Waals surface area contributed by atoms with Crippen molar-refractivity contribution in [3.05, 3.63) is 35.4 Å². The fourth-order valence-electron chi connectivity index (χ4n) is 0.913. The number of nitrogens with two attached hydrogens (primary N) is 2.